The second-order valence-corrected chi connectivity index (χ2v) is 7.14. The molecule has 1 heteroatoms. The number of benzene rings is 1. The van der Waals surface area contributed by atoms with E-state index in [1.807, 2.05) is 0 Å². The fraction of sp³-hybridized carbons (Fsp3) is 0.600. The van der Waals surface area contributed by atoms with E-state index in [9.17, 15) is 0 Å². The third kappa shape index (κ3) is 2.20. The molecule has 0 saturated heterocycles. The lowest BCUT2D eigenvalue weighted by Crippen LogP contribution is -2.15. The fourth-order valence-corrected chi connectivity index (χ4v) is 3.13. The molecule has 0 N–H and O–H groups in total. The van der Waals surface area contributed by atoms with E-state index in [4.69, 9.17) is 0 Å². The summed E-state index contributed by atoms with van der Waals surface area (Å²) in [5.74, 6) is 0.720. The van der Waals surface area contributed by atoms with Gasteiger partial charge in [0.1, 0.15) is 0 Å². The second-order valence-electron chi connectivity index (χ2n) is 6.04. The minimum atomic E-state index is 0.252. The van der Waals surface area contributed by atoms with Gasteiger partial charge in [0.2, 0.25) is 0 Å². The van der Waals surface area contributed by atoms with Crippen molar-refractivity contribution in [1.29, 1.82) is 0 Å². The van der Waals surface area contributed by atoms with Crippen LogP contribution in [0.1, 0.15) is 68.0 Å². The molecule has 0 spiro atoms. The van der Waals surface area contributed by atoms with Crippen LogP contribution in [0.25, 0.3) is 0 Å². The molecule has 2 rings (SSSR count). The Labute approximate surface area is 108 Å². The molecule has 0 aromatic heterocycles. The summed E-state index contributed by atoms with van der Waals surface area (Å²) in [5.41, 5.74) is 4.76. The fourth-order valence-electron chi connectivity index (χ4n) is 2.47. The van der Waals surface area contributed by atoms with Crippen molar-refractivity contribution in [3.05, 3.63) is 34.9 Å². The molecule has 0 saturated carbocycles. The predicted molar refractivity (Wildman–Crippen MR) is 74.5 cm³/mol. The van der Waals surface area contributed by atoms with Crippen LogP contribution in [0.3, 0.4) is 0 Å². The van der Waals surface area contributed by atoms with E-state index in [2.05, 4.69) is 61.8 Å². The molecule has 0 radical (unpaired) electrons. The summed E-state index contributed by atoms with van der Waals surface area (Å²) in [6, 6.07) is 7.05. The van der Waals surface area contributed by atoms with Crippen LogP contribution < -0.4 is 0 Å². The van der Waals surface area contributed by atoms with Crippen molar-refractivity contribution in [2.75, 3.05) is 0 Å². The van der Waals surface area contributed by atoms with Crippen LogP contribution in [0.2, 0.25) is 0 Å². The van der Waals surface area contributed by atoms with Crippen molar-refractivity contribution in [3.8, 4) is 0 Å². The number of fused-ring (bicyclic) bond motifs is 1. The number of alkyl halides is 1. The SMILES string of the molecule is CC1CCC(Br)c2cc(C(C)(C)C)ccc21. The van der Waals surface area contributed by atoms with Crippen LogP contribution in [0, 0.1) is 0 Å². The maximum absolute atomic E-state index is 3.82. The van der Waals surface area contributed by atoms with Crippen LogP contribution >= 0.6 is 15.9 Å². The van der Waals surface area contributed by atoms with Gasteiger partial charge in [0.25, 0.3) is 0 Å². The van der Waals surface area contributed by atoms with Crippen LogP contribution in [0.4, 0.5) is 0 Å². The Morgan fingerprint density at radius 3 is 2.44 bits per heavy atom. The molecule has 2 unspecified atom stereocenters. The predicted octanol–water partition coefficient (Wildman–Crippen LogP) is 5.32. The molecule has 1 aromatic rings. The van der Waals surface area contributed by atoms with Crippen LogP contribution in [0.15, 0.2) is 18.2 Å². The maximum Gasteiger partial charge on any atom is 0.0398 e. The highest BCUT2D eigenvalue weighted by Crippen LogP contribution is 2.43. The van der Waals surface area contributed by atoms with Crippen molar-refractivity contribution < 1.29 is 0 Å². The van der Waals surface area contributed by atoms with Gasteiger partial charge in [-0.2, -0.15) is 0 Å². The van der Waals surface area contributed by atoms with Crippen molar-refractivity contribution in [1.82, 2.24) is 0 Å². The first kappa shape index (κ1) is 12.2. The summed E-state index contributed by atoms with van der Waals surface area (Å²) >= 11 is 3.82. The first-order chi connectivity index (χ1) is 7.39. The monoisotopic (exact) mass is 280 g/mol. The third-order valence-corrected chi connectivity index (χ3v) is 4.63. The van der Waals surface area contributed by atoms with Gasteiger partial charge in [-0.1, -0.05) is 61.8 Å². The number of hydrogen-bond acceptors (Lipinski definition) is 0. The first-order valence-corrected chi connectivity index (χ1v) is 7.09. The van der Waals surface area contributed by atoms with Gasteiger partial charge in [-0.15, -0.1) is 0 Å². The zero-order valence-electron chi connectivity index (χ0n) is 10.7. The average Bonchev–Trinajstić information content (AvgIpc) is 2.22. The van der Waals surface area contributed by atoms with E-state index in [0.29, 0.717) is 4.83 Å². The van der Waals surface area contributed by atoms with E-state index < -0.39 is 0 Å². The Morgan fingerprint density at radius 2 is 1.81 bits per heavy atom. The van der Waals surface area contributed by atoms with Crippen molar-refractivity contribution >= 4 is 15.9 Å². The molecule has 0 fully saturated rings. The van der Waals surface area contributed by atoms with E-state index in [1.165, 1.54) is 24.0 Å². The lowest BCUT2D eigenvalue weighted by molar-refractivity contribution is 0.569. The van der Waals surface area contributed by atoms with Crippen molar-refractivity contribution in [2.24, 2.45) is 0 Å². The maximum atomic E-state index is 3.82. The normalized spacial score (nSPS) is 25.3. The Bertz CT molecular complexity index is 387. The Kier molecular flexibility index (Phi) is 3.18. The van der Waals surface area contributed by atoms with Gasteiger partial charge >= 0.3 is 0 Å². The van der Waals surface area contributed by atoms with Crippen molar-refractivity contribution in [3.63, 3.8) is 0 Å². The molecule has 88 valence electrons. The third-order valence-electron chi connectivity index (χ3n) is 3.67. The zero-order chi connectivity index (χ0) is 11.9. The molecule has 1 aliphatic rings. The van der Waals surface area contributed by atoms with E-state index in [1.54, 1.807) is 5.56 Å². The summed E-state index contributed by atoms with van der Waals surface area (Å²) in [4.78, 5) is 0.556. The molecule has 0 nitrogen and oxygen atoms in total. The average molecular weight is 281 g/mol. The minimum absolute atomic E-state index is 0.252. The zero-order valence-corrected chi connectivity index (χ0v) is 12.3. The molecule has 0 amide bonds. The number of hydrogen-bond donors (Lipinski definition) is 0. The number of halogens is 1. The molecule has 0 aliphatic heterocycles. The highest BCUT2D eigenvalue weighted by atomic mass is 79.9. The van der Waals surface area contributed by atoms with Gasteiger partial charge in [0.15, 0.2) is 0 Å². The van der Waals surface area contributed by atoms with E-state index in [0.717, 1.165) is 5.92 Å². The molecule has 2 atom stereocenters. The minimum Gasteiger partial charge on any atom is -0.0839 e. The van der Waals surface area contributed by atoms with Gasteiger partial charge in [-0.25, -0.2) is 0 Å². The largest absolute Gasteiger partial charge is 0.0839 e. The Balaban J connectivity index is 2.48. The highest BCUT2D eigenvalue weighted by Gasteiger charge is 2.24. The highest BCUT2D eigenvalue weighted by molar-refractivity contribution is 9.09. The van der Waals surface area contributed by atoms with Crippen LogP contribution in [-0.2, 0) is 5.41 Å². The Morgan fingerprint density at radius 1 is 1.12 bits per heavy atom. The summed E-state index contributed by atoms with van der Waals surface area (Å²) in [7, 11) is 0. The summed E-state index contributed by atoms with van der Waals surface area (Å²) < 4.78 is 0. The smallest absolute Gasteiger partial charge is 0.0398 e. The molecular weight excluding hydrogens is 260 g/mol. The Hall–Kier alpha value is -0.300. The van der Waals surface area contributed by atoms with Crippen LogP contribution in [0.5, 0.6) is 0 Å². The summed E-state index contributed by atoms with van der Waals surface area (Å²) in [5, 5.41) is 0. The number of rotatable bonds is 0. The molecule has 0 heterocycles. The lowest BCUT2D eigenvalue weighted by atomic mass is 9.79. The molecule has 16 heavy (non-hydrogen) atoms. The van der Waals surface area contributed by atoms with Gasteiger partial charge < -0.3 is 0 Å². The van der Waals surface area contributed by atoms with Gasteiger partial charge in [0, 0.05) is 4.83 Å². The van der Waals surface area contributed by atoms with Gasteiger partial charge in [-0.05, 0) is 40.9 Å². The van der Waals surface area contributed by atoms with E-state index >= 15 is 0 Å². The summed E-state index contributed by atoms with van der Waals surface area (Å²) in [6.07, 6.45) is 2.57. The van der Waals surface area contributed by atoms with Crippen molar-refractivity contribution in [2.45, 2.75) is 56.7 Å². The first-order valence-electron chi connectivity index (χ1n) is 6.18. The topological polar surface area (TPSA) is 0 Å². The summed E-state index contributed by atoms with van der Waals surface area (Å²) in [6.45, 7) is 9.19. The van der Waals surface area contributed by atoms with Crippen LogP contribution in [-0.4, -0.2) is 0 Å². The standard InChI is InChI=1S/C15H21Br/c1-10-5-8-14(16)13-9-11(15(2,3)4)6-7-12(10)13/h6-7,9-10,14H,5,8H2,1-4H3. The molecular formula is C15H21Br. The molecule has 1 aromatic carbocycles. The quantitative estimate of drug-likeness (QED) is 0.565. The van der Waals surface area contributed by atoms with Gasteiger partial charge in [0.05, 0.1) is 0 Å². The molecule has 0 bridgehead atoms. The molecule has 1 aliphatic carbocycles. The van der Waals surface area contributed by atoms with E-state index in [-0.39, 0.29) is 5.41 Å². The van der Waals surface area contributed by atoms with Gasteiger partial charge in [-0.3, -0.25) is 0 Å². The lowest BCUT2D eigenvalue weighted by Gasteiger charge is -2.29. The second kappa shape index (κ2) is 4.18.